The minimum Gasteiger partial charge on any atom is -0.449 e. The summed E-state index contributed by atoms with van der Waals surface area (Å²) in [5.41, 5.74) is -1.35. The fraction of sp³-hybridized carbons (Fsp3) is 0.222. The van der Waals surface area contributed by atoms with Gasteiger partial charge in [-0.25, -0.2) is 4.79 Å². The average Bonchev–Trinajstić information content (AvgIpc) is 2.66. The van der Waals surface area contributed by atoms with Gasteiger partial charge in [0.2, 0.25) is 0 Å². The number of ether oxygens (including phenoxy) is 1. The molecule has 0 saturated heterocycles. The van der Waals surface area contributed by atoms with Crippen molar-refractivity contribution in [1.82, 2.24) is 0 Å². The molecule has 0 unspecified atom stereocenters. The van der Waals surface area contributed by atoms with Gasteiger partial charge in [-0.3, -0.25) is 14.9 Å². The van der Waals surface area contributed by atoms with Gasteiger partial charge in [-0.05, 0) is 31.2 Å². The predicted octanol–water partition coefficient (Wildman–Crippen LogP) is 3.84. The van der Waals surface area contributed by atoms with Crippen LogP contribution >= 0.6 is 0 Å². The third-order valence-electron chi connectivity index (χ3n) is 3.81. The summed E-state index contributed by atoms with van der Waals surface area (Å²) in [4.78, 5) is 34.7. The van der Waals surface area contributed by atoms with Crippen molar-refractivity contribution in [2.24, 2.45) is 0 Å². The highest BCUT2D eigenvalue weighted by Gasteiger charge is 2.31. The lowest BCUT2D eigenvalue weighted by atomic mass is 10.1. The van der Waals surface area contributed by atoms with Crippen molar-refractivity contribution in [2.75, 3.05) is 17.7 Å². The number of benzene rings is 2. The fourth-order valence-electron chi connectivity index (χ4n) is 2.33. The summed E-state index contributed by atoms with van der Waals surface area (Å²) >= 11 is 0. The number of carbonyl (C=O) groups excluding carboxylic acids is 2. The Balaban J connectivity index is 2.13. The van der Waals surface area contributed by atoms with Crippen LogP contribution in [0, 0.1) is 10.1 Å². The van der Waals surface area contributed by atoms with Crippen molar-refractivity contribution >= 4 is 28.9 Å². The molecule has 0 bridgehead atoms. The second-order valence-corrected chi connectivity index (χ2v) is 5.85. The molecule has 0 aromatic heterocycles. The van der Waals surface area contributed by atoms with Crippen LogP contribution in [0.15, 0.2) is 42.5 Å². The molecule has 0 heterocycles. The van der Waals surface area contributed by atoms with Gasteiger partial charge in [-0.2, -0.15) is 13.2 Å². The lowest BCUT2D eigenvalue weighted by molar-refractivity contribution is -0.384. The Morgan fingerprint density at radius 3 is 2.45 bits per heavy atom. The highest BCUT2D eigenvalue weighted by Crippen LogP contribution is 2.30. The van der Waals surface area contributed by atoms with Gasteiger partial charge in [0.05, 0.1) is 16.1 Å². The van der Waals surface area contributed by atoms with E-state index in [2.05, 4.69) is 10.6 Å². The van der Waals surface area contributed by atoms with E-state index in [-0.39, 0.29) is 22.6 Å². The van der Waals surface area contributed by atoms with Gasteiger partial charge in [0, 0.05) is 30.6 Å². The molecule has 2 aromatic carbocycles. The van der Waals surface area contributed by atoms with Gasteiger partial charge in [0.1, 0.15) is 0 Å². The van der Waals surface area contributed by atoms with Crippen LogP contribution in [0.25, 0.3) is 0 Å². The monoisotopic (exact) mass is 411 g/mol. The lowest BCUT2D eigenvalue weighted by Gasteiger charge is -2.15. The first-order valence-electron chi connectivity index (χ1n) is 8.18. The largest absolute Gasteiger partial charge is 0.449 e. The summed E-state index contributed by atoms with van der Waals surface area (Å²) in [6, 6.07) is 7.45. The number of nitro benzene ring substituents is 1. The van der Waals surface area contributed by atoms with E-state index in [9.17, 15) is 32.9 Å². The minimum absolute atomic E-state index is 0.126. The summed E-state index contributed by atoms with van der Waals surface area (Å²) in [6.07, 6.45) is -5.95. The maximum atomic E-state index is 12.7. The van der Waals surface area contributed by atoms with Crippen molar-refractivity contribution < 1.29 is 32.4 Å². The summed E-state index contributed by atoms with van der Waals surface area (Å²) in [7, 11) is 1.49. The number of rotatable bonds is 6. The van der Waals surface area contributed by atoms with E-state index in [1.165, 1.54) is 32.2 Å². The first-order chi connectivity index (χ1) is 13.5. The third kappa shape index (κ3) is 5.43. The van der Waals surface area contributed by atoms with E-state index in [4.69, 9.17) is 4.74 Å². The number of hydrogen-bond donors (Lipinski definition) is 2. The zero-order valence-electron chi connectivity index (χ0n) is 15.2. The predicted molar refractivity (Wildman–Crippen MR) is 97.6 cm³/mol. The zero-order chi connectivity index (χ0) is 21.8. The molecule has 1 amide bonds. The van der Waals surface area contributed by atoms with Crippen LogP contribution < -0.4 is 10.6 Å². The van der Waals surface area contributed by atoms with Crippen LogP contribution in [0.4, 0.5) is 30.2 Å². The Morgan fingerprint density at radius 1 is 1.17 bits per heavy atom. The number of nitrogens with one attached hydrogen (secondary N) is 2. The molecule has 0 fully saturated rings. The van der Waals surface area contributed by atoms with Gasteiger partial charge in [-0.1, -0.05) is 6.07 Å². The van der Waals surface area contributed by atoms with E-state index >= 15 is 0 Å². The Morgan fingerprint density at radius 2 is 1.86 bits per heavy atom. The summed E-state index contributed by atoms with van der Waals surface area (Å²) in [6.45, 7) is 1.22. The summed E-state index contributed by atoms with van der Waals surface area (Å²) < 4.78 is 43.3. The van der Waals surface area contributed by atoms with Crippen LogP contribution in [-0.4, -0.2) is 30.0 Å². The number of nitrogens with zero attached hydrogens (tertiary/aromatic N) is 1. The van der Waals surface area contributed by atoms with Crippen molar-refractivity contribution in [3.63, 3.8) is 0 Å². The van der Waals surface area contributed by atoms with E-state index in [0.717, 1.165) is 24.3 Å². The molecular weight excluding hydrogens is 395 g/mol. The van der Waals surface area contributed by atoms with Crippen LogP contribution in [0.5, 0.6) is 0 Å². The maximum absolute atomic E-state index is 12.7. The molecule has 11 heteroatoms. The van der Waals surface area contributed by atoms with E-state index < -0.39 is 34.6 Å². The first kappa shape index (κ1) is 21.7. The van der Waals surface area contributed by atoms with E-state index in [1.807, 2.05) is 0 Å². The number of alkyl halides is 3. The average molecular weight is 411 g/mol. The number of anilines is 2. The Bertz CT molecular complexity index is 947. The van der Waals surface area contributed by atoms with E-state index in [0.29, 0.717) is 0 Å². The van der Waals surface area contributed by atoms with Crippen molar-refractivity contribution in [3.8, 4) is 0 Å². The number of nitro groups is 1. The Labute approximate surface area is 162 Å². The quantitative estimate of drug-likeness (QED) is 0.425. The normalized spacial score (nSPS) is 12.0. The SMILES string of the molecule is CNc1ccc([N+](=O)[O-])cc1C(=O)O[C@@H](C)C(=O)Nc1cccc(C(F)(F)F)c1. The molecular formula is C18H16F3N3O5. The topological polar surface area (TPSA) is 111 Å². The molecule has 0 radical (unpaired) electrons. The molecule has 0 spiro atoms. The number of amides is 1. The standard InChI is InChI=1S/C18H16F3N3O5/c1-10(16(25)23-12-5-3-4-11(8-12)18(19,20)21)29-17(26)14-9-13(24(27)28)6-7-15(14)22-2/h3-10,22H,1-2H3,(H,23,25)/t10-/m0/s1. The van der Waals surface area contributed by atoms with Gasteiger partial charge in [0.25, 0.3) is 11.6 Å². The van der Waals surface area contributed by atoms with E-state index in [1.54, 1.807) is 0 Å². The molecule has 2 aromatic rings. The van der Waals surface area contributed by atoms with Crippen LogP contribution in [0.2, 0.25) is 0 Å². The van der Waals surface area contributed by atoms with Crippen LogP contribution in [-0.2, 0) is 15.7 Å². The molecule has 2 rings (SSSR count). The summed E-state index contributed by atoms with van der Waals surface area (Å²) in [5, 5.41) is 15.8. The second-order valence-electron chi connectivity index (χ2n) is 5.85. The molecule has 8 nitrogen and oxygen atoms in total. The maximum Gasteiger partial charge on any atom is 0.416 e. The zero-order valence-corrected chi connectivity index (χ0v) is 15.2. The van der Waals surface area contributed by atoms with Gasteiger partial charge in [-0.15, -0.1) is 0 Å². The highest BCUT2D eigenvalue weighted by atomic mass is 19.4. The van der Waals surface area contributed by atoms with Gasteiger partial charge in [0.15, 0.2) is 6.10 Å². The number of carbonyl (C=O) groups is 2. The molecule has 0 aliphatic carbocycles. The highest BCUT2D eigenvalue weighted by molar-refractivity contribution is 6.00. The number of hydrogen-bond acceptors (Lipinski definition) is 6. The first-order valence-corrected chi connectivity index (χ1v) is 8.18. The fourth-order valence-corrected chi connectivity index (χ4v) is 2.33. The molecule has 0 aliphatic rings. The number of halogens is 3. The molecule has 154 valence electrons. The number of esters is 1. The summed E-state index contributed by atoms with van der Waals surface area (Å²) in [5.74, 6) is -1.88. The van der Waals surface area contributed by atoms with Crippen molar-refractivity contribution in [3.05, 3.63) is 63.7 Å². The molecule has 0 saturated carbocycles. The number of non-ortho nitro benzene ring substituents is 1. The van der Waals surface area contributed by atoms with Gasteiger partial charge >= 0.3 is 12.1 Å². The molecule has 1 atom stereocenters. The second kappa shape index (κ2) is 8.59. The third-order valence-corrected chi connectivity index (χ3v) is 3.81. The van der Waals surface area contributed by atoms with Crippen LogP contribution in [0.3, 0.4) is 0 Å². The Hall–Kier alpha value is -3.63. The smallest absolute Gasteiger partial charge is 0.416 e. The lowest BCUT2D eigenvalue weighted by Crippen LogP contribution is -2.30. The molecule has 0 aliphatic heterocycles. The Kier molecular flexibility index (Phi) is 6.42. The van der Waals surface area contributed by atoms with Crippen molar-refractivity contribution in [1.29, 1.82) is 0 Å². The van der Waals surface area contributed by atoms with Gasteiger partial charge < -0.3 is 15.4 Å². The molecule has 2 N–H and O–H groups in total. The van der Waals surface area contributed by atoms with Crippen molar-refractivity contribution in [2.45, 2.75) is 19.2 Å². The molecule has 29 heavy (non-hydrogen) atoms. The minimum atomic E-state index is -4.58. The van der Waals surface area contributed by atoms with Crippen LogP contribution in [0.1, 0.15) is 22.8 Å².